The van der Waals surface area contributed by atoms with Crippen molar-refractivity contribution in [1.29, 1.82) is 5.41 Å². The summed E-state index contributed by atoms with van der Waals surface area (Å²) in [5.41, 5.74) is 8.72. The third-order valence-corrected chi connectivity index (χ3v) is 3.67. The highest BCUT2D eigenvalue weighted by Gasteiger charge is 2.12. The first-order chi connectivity index (χ1) is 12.4. The molecule has 26 heavy (non-hydrogen) atoms. The van der Waals surface area contributed by atoms with E-state index in [0.717, 1.165) is 5.56 Å². The standard InChI is InChI=1S/C19H27N5O2/c1-12(2)23-19-16(9-20)17(21)8-18(24-19)13-5-4-6-15(7-13)26-11-14(25)10-22-3/h4-9,12,14,20,22,25H,10-11H2,1-3H3,(H3,21,23,24). The maximum atomic E-state index is 9.77. The number of likely N-dealkylation sites (N-methyl/N-ethyl adjacent to an activating group) is 1. The number of nitrogens with one attached hydrogen (secondary N) is 3. The number of aromatic nitrogens is 1. The Morgan fingerprint density at radius 1 is 1.35 bits per heavy atom. The molecule has 1 atom stereocenters. The summed E-state index contributed by atoms with van der Waals surface area (Å²) in [7, 11) is 1.78. The number of ether oxygens (including phenoxy) is 1. The van der Waals surface area contributed by atoms with Gasteiger partial charge in [-0.1, -0.05) is 12.1 Å². The molecule has 0 amide bonds. The number of aliphatic hydroxyl groups is 1. The first kappa shape index (κ1) is 19.7. The molecular weight excluding hydrogens is 330 g/mol. The molecule has 2 rings (SSSR count). The lowest BCUT2D eigenvalue weighted by Crippen LogP contribution is -2.29. The van der Waals surface area contributed by atoms with Gasteiger partial charge in [0.2, 0.25) is 0 Å². The number of hydrogen-bond acceptors (Lipinski definition) is 7. The van der Waals surface area contributed by atoms with Crippen LogP contribution in [0.5, 0.6) is 5.75 Å². The summed E-state index contributed by atoms with van der Waals surface area (Å²) in [6.07, 6.45) is 0.630. The van der Waals surface area contributed by atoms with Crippen molar-refractivity contribution in [3.63, 3.8) is 0 Å². The van der Waals surface area contributed by atoms with E-state index < -0.39 is 6.10 Å². The van der Waals surface area contributed by atoms with Crippen molar-refractivity contribution in [2.24, 2.45) is 0 Å². The second kappa shape index (κ2) is 9.17. The molecule has 7 heteroatoms. The van der Waals surface area contributed by atoms with Gasteiger partial charge in [-0.25, -0.2) is 4.98 Å². The van der Waals surface area contributed by atoms with Crippen LogP contribution in [0.3, 0.4) is 0 Å². The lowest BCUT2D eigenvalue weighted by molar-refractivity contribution is 0.108. The zero-order valence-electron chi connectivity index (χ0n) is 15.4. The van der Waals surface area contributed by atoms with E-state index in [1.54, 1.807) is 13.1 Å². The fourth-order valence-corrected chi connectivity index (χ4v) is 2.49. The van der Waals surface area contributed by atoms with Gasteiger partial charge in [0.25, 0.3) is 0 Å². The van der Waals surface area contributed by atoms with Crippen LogP contribution in [0.4, 0.5) is 11.5 Å². The molecule has 1 aromatic heterocycles. The van der Waals surface area contributed by atoms with Crippen LogP contribution in [0.2, 0.25) is 0 Å². The smallest absolute Gasteiger partial charge is 0.137 e. The third-order valence-electron chi connectivity index (χ3n) is 3.67. The number of aliphatic hydroxyl groups excluding tert-OH is 1. The molecule has 1 aromatic carbocycles. The Balaban J connectivity index is 2.29. The van der Waals surface area contributed by atoms with Crippen LogP contribution in [-0.2, 0) is 0 Å². The quantitative estimate of drug-likeness (QED) is 0.439. The second-order valence-electron chi connectivity index (χ2n) is 6.35. The Bertz CT molecular complexity index is 749. The van der Waals surface area contributed by atoms with Gasteiger partial charge in [-0.3, -0.25) is 0 Å². The van der Waals surface area contributed by atoms with Crippen LogP contribution in [-0.4, -0.2) is 48.7 Å². The van der Waals surface area contributed by atoms with E-state index in [1.807, 2.05) is 38.1 Å². The summed E-state index contributed by atoms with van der Waals surface area (Å²) < 4.78 is 5.65. The molecular formula is C19H27N5O2. The van der Waals surface area contributed by atoms with E-state index in [-0.39, 0.29) is 12.6 Å². The van der Waals surface area contributed by atoms with Crippen LogP contribution in [0.1, 0.15) is 19.4 Å². The fourth-order valence-electron chi connectivity index (χ4n) is 2.49. The number of benzene rings is 1. The van der Waals surface area contributed by atoms with Gasteiger partial charge in [-0.05, 0) is 39.1 Å². The molecule has 6 N–H and O–H groups in total. The minimum atomic E-state index is -0.578. The maximum absolute atomic E-state index is 9.77. The first-order valence-electron chi connectivity index (χ1n) is 8.58. The normalized spacial score (nSPS) is 12.0. The lowest BCUT2D eigenvalue weighted by atomic mass is 10.1. The van der Waals surface area contributed by atoms with Crippen molar-refractivity contribution in [3.8, 4) is 17.0 Å². The predicted molar refractivity (Wildman–Crippen MR) is 106 cm³/mol. The van der Waals surface area contributed by atoms with Gasteiger partial charge < -0.3 is 31.6 Å². The molecule has 0 spiro atoms. The first-order valence-corrected chi connectivity index (χ1v) is 8.58. The van der Waals surface area contributed by atoms with Gasteiger partial charge in [0, 0.05) is 30.1 Å². The average Bonchev–Trinajstić information content (AvgIpc) is 2.60. The Hall–Kier alpha value is -2.64. The minimum Gasteiger partial charge on any atom is -0.491 e. The molecule has 1 heterocycles. The monoisotopic (exact) mass is 357 g/mol. The molecule has 0 aliphatic carbocycles. The highest BCUT2D eigenvalue weighted by molar-refractivity contribution is 5.93. The van der Waals surface area contributed by atoms with Crippen LogP contribution in [0, 0.1) is 5.41 Å². The van der Waals surface area contributed by atoms with Crippen LogP contribution in [0.15, 0.2) is 30.3 Å². The Kier molecular flexibility index (Phi) is 6.94. The van der Waals surface area contributed by atoms with Gasteiger partial charge in [0.05, 0.1) is 11.3 Å². The molecule has 0 aliphatic rings. The van der Waals surface area contributed by atoms with E-state index >= 15 is 0 Å². The lowest BCUT2D eigenvalue weighted by Gasteiger charge is -2.16. The molecule has 0 aliphatic heterocycles. The number of rotatable bonds is 9. The average molecular weight is 357 g/mol. The molecule has 1 unspecified atom stereocenters. The number of nitrogens with two attached hydrogens (primary N) is 1. The fraction of sp³-hybridized carbons (Fsp3) is 0.368. The summed E-state index contributed by atoms with van der Waals surface area (Å²) in [5.74, 6) is 1.23. The topological polar surface area (TPSA) is 116 Å². The van der Waals surface area contributed by atoms with Crippen molar-refractivity contribution in [1.82, 2.24) is 10.3 Å². The van der Waals surface area contributed by atoms with Gasteiger partial charge in [-0.15, -0.1) is 0 Å². The SMILES string of the molecule is CNCC(O)COc1cccc(-c2cc(N)c(C=N)c(NC(C)C)n2)c1. The molecule has 140 valence electrons. The molecule has 2 aromatic rings. The Morgan fingerprint density at radius 3 is 2.77 bits per heavy atom. The number of nitrogens with zero attached hydrogens (tertiary/aromatic N) is 1. The largest absolute Gasteiger partial charge is 0.491 e. The van der Waals surface area contributed by atoms with Gasteiger partial charge in [-0.2, -0.15) is 0 Å². The Labute approximate surface area is 154 Å². The van der Waals surface area contributed by atoms with Crippen molar-refractivity contribution in [3.05, 3.63) is 35.9 Å². The molecule has 0 fully saturated rings. The summed E-state index contributed by atoms with van der Waals surface area (Å²) in [6, 6.07) is 9.39. The highest BCUT2D eigenvalue weighted by Crippen LogP contribution is 2.28. The van der Waals surface area contributed by atoms with Gasteiger partial charge in [0.1, 0.15) is 24.3 Å². The minimum absolute atomic E-state index is 0.166. The van der Waals surface area contributed by atoms with Crippen molar-refractivity contribution < 1.29 is 9.84 Å². The molecule has 7 nitrogen and oxygen atoms in total. The highest BCUT2D eigenvalue weighted by atomic mass is 16.5. The summed E-state index contributed by atoms with van der Waals surface area (Å²) in [6.45, 7) is 4.67. The van der Waals surface area contributed by atoms with Gasteiger partial charge >= 0.3 is 0 Å². The van der Waals surface area contributed by atoms with Crippen LogP contribution in [0.25, 0.3) is 11.3 Å². The summed E-state index contributed by atoms with van der Waals surface area (Å²) in [5, 5.41) is 23.5. The molecule has 0 bridgehead atoms. The Morgan fingerprint density at radius 2 is 2.12 bits per heavy atom. The van der Waals surface area contributed by atoms with E-state index in [1.165, 1.54) is 6.21 Å². The van der Waals surface area contributed by atoms with E-state index in [0.29, 0.717) is 35.1 Å². The van der Waals surface area contributed by atoms with Crippen molar-refractivity contribution in [2.45, 2.75) is 26.0 Å². The van der Waals surface area contributed by atoms with E-state index in [9.17, 15) is 5.11 Å². The van der Waals surface area contributed by atoms with Gasteiger partial charge in [0.15, 0.2) is 0 Å². The molecule has 0 radical (unpaired) electrons. The summed E-state index contributed by atoms with van der Waals surface area (Å²) in [4.78, 5) is 4.62. The van der Waals surface area contributed by atoms with Crippen molar-refractivity contribution >= 4 is 17.7 Å². The maximum Gasteiger partial charge on any atom is 0.137 e. The number of hydrogen-bond donors (Lipinski definition) is 5. The van der Waals surface area contributed by atoms with Crippen molar-refractivity contribution in [2.75, 3.05) is 31.2 Å². The van der Waals surface area contributed by atoms with Crippen LogP contribution >= 0.6 is 0 Å². The molecule has 0 saturated carbocycles. The number of pyridine rings is 1. The zero-order chi connectivity index (χ0) is 19.1. The van der Waals surface area contributed by atoms with E-state index in [2.05, 4.69) is 15.6 Å². The predicted octanol–water partition coefficient (Wildman–Crippen LogP) is 2.11. The zero-order valence-corrected chi connectivity index (χ0v) is 15.4. The van der Waals surface area contributed by atoms with E-state index in [4.69, 9.17) is 15.9 Å². The third kappa shape index (κ3) is 5.18. The number of anilines is 2. The summed E-state index contributed by atoms with van der Waals surface area (Å²) >= 11 is 0. The molecule has 0 saturated heterocycles. The number of nitrogen functional groups attached to an aromatic ring is 1. The second-order valence-corrected chi connectivity index (χ2v) is 6.35. The van der Waals surface area contributed by atoms with Crippen LogP contribution < -0.4 is 21.1 Å².